The van der Waals surface area contributed by atoms with E-state index in [1.807, 2.05) is 6.92 Å². The zero-order valence-corrected chi connectivity index (χ0v) is 16.5. The molecule has 0 fully saturated rings. The molecule has 0 aliphatic heterocycles. The van der Waals surface area contributed by atoms with Crippen LogP contribution in [0.2, 0.25) is 0 Å². The van der Waals surface area contributed by atoms with Gasteiger partial charge in [0.15, 0.2) is 11.6 Å². The first-order valence-corrected chi connectivity index (χ1v) is 9.45. The summed E-state index contributed by atoms with van der Waals surface area (Å²) in [6, 6.07) is 7.88. The van der Waals surface area contributed by atoms with Gasteiger partial charge in [-0.05, 0) is 41.8 Å². The fraction of sp³-hybridized carbons (Fsp3) is 0.217. The minimum absolute atomic E-state index is 0.122. The molecule has 0 aromatic heterocycles. The average molecular weight is 460 g/mol. The van der Waals surface area contributed by atoms with E-state index in [1.54, 1.807) is 0 Å². The highest BCUT2D eigenvalue weighted by atomic mass is 19.4. The molecular formula is C23H16F8O. The van der Waals surface area contributed by atoms with Crippen molar-refractivity contribution in [3.63, 3.8) is 0 Å². The molecule has 0 radical (unpaired) electrons. The summed E-state index contributed by atoms with van der Waals surface area (Å²) in [7, 11) is 0. The number of alkyl halides is 5. The van der Waals surface area contributed by atoms with Crippen molar-refractivity contribution in [3.05, 3.63) is 88.7 Å². The first kappa shape index (κ1) is 23.6. The lowest BCUT2D eigenvalue weighted by molar-refractivity contribution is -0.185. The lowest BCUT2D eigenvalue weighted by Gasteiger charge is -2.19. The van der Waals surface area contributed by atoms with Crippen molar-refractivity contribution in [1.82, 2.24) is 0 Å². The van der Waals surface area contributed by atoms with Crippen LogP contribution in [-0.2, 0) is 18.7 Å². The monoisotopic (exact) mass is 460 g/mol. The first-order chi connectivity index (χ1) is 14.9. The van der Waals surface area contributed by atoms with Crippen LogP contribution in [0.25, 0.3) is 11.1 Å². The molecule has 0 spiro atoms. The SMILES string of the molecule is CCCc1ccc(-c2ccc(C(F)(F)Oc3ccc(C(F)(F)F)c(F)c3)cc2)c(F)c1F. The molecule has 9 heteroatoms. The lowest BCUT2D eigenvalue weighted by Crippen LogP contribution is -2.22. The molecule has 0 bridgehead atoms. The van der Waals surface area contributed by atoms with Crippen molar-refractivity contribution in [3.8, 4) is 16.9 Å². The van der Waals surface area contributed by atoms with Crippen molar-refractivity contribution in [2.45, 2.75) is 32.1 Å². The van der Waals surface area contributed by atoms with E-state index >= 15 is 0 Å². The number of benzene rings is 3. The maximum Gasteiger partial charge on any atom is 0.426 e. The van der Waals surface area contributed by atoms with Gasteiger partial charge in [0.05, 0.1) is 11.1 Å². The van der Waals surface area contributed by atoms with E-state index in [9.17, 15) is 35.1 Å². The number of halogens is 8. The molecule has 0 unspecified atom stereocenters. The quantitative estimate of drug-likeness (QED) is 0.340. The highest BCUT2D eigenvalue weighted by Gasteiger charge is 2.37. The second-order valence-electron chi connectivity index (χ2n) is 6.99. The summed E-state index contributed by atoms with van der Waals surface area (Å²) in [4.78, 5) is 0. The Balaban J connectivity index is 1.84. The maximum absolute atomic E-state index is 14.4. The van der Waals surface area contributed by atoms with E-state index in [2.05, 4.69) is 4.74 Å². The predicted molar refractivity (Wildman–Crippen MR) is 102 cm³/mol. The largest absolute Gasteiger partial charge is 0.429 e. The molecule has 32 heavy (non-hydrogen) atoms. The van der Waals surface area contributed by atoms with Gasteiger partial charge in [-0.25, -0.2) is 13.2 Å². The highest BCUT2D eigenvalue weighted by Crippen LogP contribution is 2.37. The van der Waals surface area contributed by atoms with Crippen LogP contribution in [0.15, 0.2) is 54.6 Å². The van der Waals surface area contributed by atoms with Gasteiger partial charge in [-0.2, -0.15) is 22.0 Å². The van der Waals surface area contributed by atoms with Crippen molar-refractivity contribution < 1.29 is 39.9 Å². The van der Waals surface area contributed by atoms with Gasteiger partial charge in [0.2, 0.25) is 0 Å². The maximum atomic E-state index is 14.4. The zero-order chi connectivity index (χ0) is 23.7. The molecule has 0 atom stereocenters. The molecule has 0 amide bonds. The van der Waals surface area contributed by atoms with Crippen molar-refractivity contribution >= 4 is 0 Å². The molecule has 170 valence electrons. The lowest BCUT2D eigenvalue weighted by atomic mass is 9.99. The summed E-state index contributed by atoms with van der Waals surface area (Å²) in [5.74, 6) is -4.69. The van der Waals surface area contributed by atoms with Crippen LogP contribution in [0.5, 0.6) is 5.75 Å². The fourth-order valence-electron chi connectivity index (χ4n) is 3.11. The second kappa shape index (κ2) is 8.80. The summed E-state index contributed by atoms with van der Waals surface area (Å²) < 4.78 is 113. The van der Waals surface area contributed by atoms with E-state index in [0.717, 1.165) is 24.3 Å². The predicted octanol–water partition coefficient (Wildman–Crippen LogP) is 7.87. The number of hydrogen-bond donors (Lipinski definition) is 0. The summed E-state index contributed by atoms with van der Waals surface area (Å²) in [5, 5.41) is 0. The molecule has 0 aliphatic carbocycles. The molecule has 0 N–H and O–H groups in total. The molecule has 3 rings (SSSR count). The Morgan fingerprint density at radius 3 is 2.00 bits per heavy atom. The van der Waals surface area contributed by atoms with Crippen LogP contribution < -0.4 is 4.74 Å². The van der Waals surface area contributed by atoms with E-state index in [0.29, 0.717) is 25.0 Å². The normalized spacial score (nSPS) is 12.2. The van der Waals surface area contributed by atoms with Gasteiger partial charge in [-0.3, -0.25) is 0 Å². The Labute approximate surface area is 178 Å². The van der Waals surface area contributed by atoms with E-state index in [1.165, 1.54) is 12.1 Å². The summed E-state index contributed by atoms with van der Waals surface area (Å²) in [6.07, 6.45) is -8.05. The van der Waals surface area contributed by atoms with Crippen LogP contribution in [-0.4, -0.2) is 0 Å². The van der Waals surface area contributed by atoms with E-state index < -0.39 is 46.6 Å². The third-order valence-electron chi connectivity index (χ3n) is 4.71. The third kappa shape index (κ3) is 4.87. The van der Waals surface area contributed by atoms with Crippen molar-refractivity contribution in [2.24, 2.45) is 0 Å². The van der Waals surface area contributed by atoms with Gasteiger partial charge >= 0.3 is 12.3 Å². The first-order valence-electron chi connectivity index (χ1n) is 9.45. The Bertz CT molecular complexity index is 1100. The Morgan fingerprint density at radius 2 is 1.44 bits per heavy atom. The van der Waals surface area contributed by atoms with Crippen LogP contribution in [0.4, 0.5) is 35.1 Å². The number of aryl methyl sites for hydroxylation is 1. The molecule has 0 aliphatic rings. The van der Waals surface area contributed by atoms with Crippen LogP contribution in [0.1, 0.15) is 30.0 Å². The third-order valence-corrected chi connectivity index (χ3v) is 4.71. The smallest absolute Gasteiger partial charge is 0.426 e. The molecule has 0 saturated heterocycles. The standard InChI is InChI=1S/C23H16F8O/c1-2-3-14-6-10-17(21(26)20(14)25)13-4-7-15(8-5-13)23(30,31)32-16-9-11-18(19(24)12-16)22(27,28)29/h4-12H,2-3H2,1H3. The number of hydrogen-bond acceptors (Lipinski definition) is 1. The Kier molecular flexibility index (Phi) is 6.48. The second-order valence-corrected chi connectivity index (χ2v) is 6.99. The Morgan fingerprint density at radius 1 is 0.781 bits per heavy atom. The van der Waals surface area contributed by atoms with Gasteiger partial charge in [0.1, 0.15) is 11.6 Å². The Hall–Kier alpha value is -3.10. The summed E-state index contributed by atoms with van der Waals surface area (Å²) >= 11 is 0. The molecular weight excluding hydrogens is 444 g/mol. The van der Waals surface area contributed by atoms with Crippen LogP contribution in [0.3, 0.4) is 0 Å². The average Bonchev–Trinajstić information content (AvgIpc) is 2.71. The number of rotatable bonds is 6. The summed E-state index contributed by atoms with van der Waals surface area (Å²) in [5.41, 5.74) is -2.12. The van der Waals surface area contributed by atoms with E-state index in [-0.39, 0.29) is 22.8 Å². The molecule has 0 heterocycles. The molecule has 3 aromatic rings. The highest BCUT2D eigenvalue weighted by molar-refractivity contribution is 5.65. The van der Waals surface area contributed by atoms with Gasteiger partial charge in [-0.15, -0.1) is 0 Å². The van der Waals surface area contributed by atoms with Crippen molar-refractivity contribution in [1.29, 1.82) is 0 Å². The van der Waals surface area contributed by atoms with Gasteiger partial charge in [0, 0.05) is 11.6 Å². The van der Waals surface area contributed by atoms with Gasteiger partial charge in [-0.1, -0.05) is 37.6 Å². The van der Waals surface area contributed by atoms with Crippen LogP contribution in [0, 0.1) is 17.5 Å². The number of ether oxygens (including phenoxy) is 1. The summed E-state index contributed by atoms with van der Waals surface area (Å²) in [6.45, 7) is 1.81. The fourth-order valence-corrected chi connectivity index (χ4v) is 3.11. The van der Waals surface area contributed by atoms with Gasteiger partial charge in [0.25, 0.3) is 0 Å². The minimum atomic E-state index is -4.98. The van der Waals surface area contributed by atoms with E-state index in [4.69, 9.17) is 0 Å². The molecule has 3 aromatic carbocycles. The van der Waals surface area contributed by atoms with Crippen molar-refractivity contribution in [2.75, 3.05) is 0 Å². The molecule has 1 nitrogen and oxygen atoms in total. The minimum Gasteiger partial charge on any atom is -0.429 e. The van der Waals surface area contributed by atoms with Gasteiger partial charge < -0.3 is 4.74 Å². The topological polar surface area (TPSA) is 9.23 Å². The van der Waals surface area contributed by atoms with Crippen LogP contribution >= 0.6 is 0 Å². The molecule has 0 saturated carbocycles. The zero-order valence-electron chi connectivity index (χ0n) is 16.5.